The van der Waals surface area contributed by atoms with Crippen molar-refractivity contribution in [3.8, 4) is 11.1 Å². The van der Waals surface area contributed by atoms with Gasteiger partial charge in [0.2, 0.25) is 11.8 Å². The number of likely N-dealkylation sites (tertiary alicyclic amines) is 1. The number of rotatable bonds is 12. The lowest BCUT2D eigenvalue weighted by atomic mass is 9.81. The number of carbonyl (C=O) groups is 5. The molecule has 2 aliphatic carbocycles. The molecule has 1 saturated heterocycles. The number of amides is 5. The van der Waals surface area contributed by atoms with Crippen LogP contribution in [0.15, 0.2) is 66.7 Å². The number of alkyl carbamates (subject to hydrolysis) is 1. The van der Waals surface area contributed by atoms with E-state index in [1.165, 1.54) is 0 Å². The van der Waals surface area contributed by atoms with E-state index in [9.17, 15) is 24.0 Å². The van der Waals surface area contributed by atoms with Gasteiger partial charge in [-0.3, -0.25) is 14.4 Å². The molecule has 1 heterocycles. The molecule has 5 amide bonds. The van der Waals surface area contributed by atoms with Crippen LogP contribution in [0.2, 0.25) is 0 Å². The first-order chi connectivity index (χ1) is 28.7. The predicted octanol–water partition coefficient (Wildman–Crippen LogP) is 7.64. The summed E-state index contributed by atoms with van der Waals surface area (Å²) in [6.07, 6.45) is 2.24. The smallest absolute Gasteiger partial charge is 0.410 e. The topological polar surface area (TPSA) is 179 Å². The average molecular weight is 835 g/mol. The Bertz CT molecular complexity index is 2120. The van der Waals surface area contributed by atoms with E-state index in [0.29, 0.717) is 49.4 Å². The highest BCUT2D eigenvalue weighted by atomic mass is 16.6. The number of piperidine rings is 1. The second kappa shape index (κ2) is 18.5. The van der Waals surface area contributed by atoms with Crippen molar-refractivity contribution in [2.24, 2.45) is 23.7 Å². The molecule has 3 aliphatic rings. The lowest BCUT2D eigenvalue weighted by molar-refractivity contribution is -0.130. The number of carbonyl (C=O) groups excluding carboxylic acids is 5. The minimum Gasteiger partial charge on any atom is -0.444 e. The molecule has 3 aromatic rings. The zero-order valence-electron chi connectivity index (χ0n) is 36.8. The van der Waals surface area contributed by atoms with Crippen LogP contribution in [0, 0.1) is 36.0 Å². The second-order valence-corrected chi connectivity index (χ2v) is 19.0. The van der Waals surface area contributed by atoms with Gasteiger partial charge in [0, 0.05) is 66.8 Å². The van der Waals surface area contributed by atoms with Crippen LogP contribution in [0.25, 0.3) is 11.1 Å². The Kier molecular flexibility index (Phi) is 13.6. The first-order valence-corrected chi connectivity index (χ1v) is 21.5. The summed E-state index contributed by atoms with van der Waals surface area (Å²) in [7, 11) is 0. The molecule has 13 heteroatoms. The van der Waals surface area contributed by atoms with E-state index >= 15 is 0 Å². The van der Waals surface area contributed by atoms with Crippen LogP contribution in [0.5, 0.6) is 0 Å². The molecule has 13 nitrogen and oxygen atoms in total. The Morgan fingerprint density at radius 2 is 1.48 bits per heavy atom. The molecule has 3 fully saturated rings. The van der Waals surface area contributed by atoms with Crippen molar-refractivity contribution in [1.82, 2.24) is 20.9 Å². The van der Waals surface area contributed by atoms with Crippen molar-refractivity contribution >= 4 is 41.3 Å². The maximum atomic E-state index is 14.0. The first kappa shape index (κ1) is 44.8. The summed E-state index contributed by atoms with van der Waals surface area (Å²) in [4.78, 5) is 67.8. The van der Waals surface area contributed by atoms with Crippen molar-refractivity contribution in [3.63, 3.8) is 0 Å². The highest BCUT2D eigenvalue weighted by Crippen LogP contribution is 2.46. The van der Waals surface area contributed by atoms with Gasteiger partial charge in [0.1, 0.15) is 17.2 Å². The molecule has 5 N–H and O–H groups in total. The molecular weight excluding hydrogens is 773 g/mol. The number of hydrogen-bond donors (Lipinski definition) is 5. The Balaban J connectivity index is 1.11. The van der Waals surface area contributed by atoms with Crippen LogP contribution in [0.3, 0.4) is 0 Å². The van der Waals surface area contributed by atoms with E-state index in [1.54, 1.807) is 42.2 Å². The molecule has 0 bridgehead atoms. The zero-order valence-corrected chi connectivity index (χ0v) is 36.8. The van der Waals surface area contributed by atoms with Crippen LogP contribution < -0.4 is 21.3 Å². The van der Waals surface area contributed by atoms with Gasteiger partial charge in [0.15, 0.2) is 0 Å². The van der Waals surface area contributed by atoms with E-state index < -0.39 is 23.3 Å². The van der Waals surface area contributed by atoms with Crippen molar-refractivity contribution in [3.05, 3.63) is 89.0 Å². The van der Waals surface area contributed by atoms with Crippen LogP contribution in [-0.2, 0) is 25.5 Å². The van der Waals surface area contributed by atoms with E-state index in [1.807, 2.05) is 84.9 Å². The van der Waals surface area contributed by atoms with Gasteiger partial charge in [-0.15, -0.1) is 0 Å². The van der Waals surface area contributed by atoms with Gasteiger partial charge in [-0.25, -0.2) is 9.59 Å². The molecule has 3 aromatic carbocycles. The third-order valence-electron chi connectivity index (χ3n) is 11.7. The van der Waals surface area contributed by atoms with Crippen LogP contribution >= 0.6 is 0 Å². The summed E-state index contributed by atoms with van der Waals surface area (Å²) in [5, 5.41) is 20.0. The molecule has 2 unspecified atom stereocenters. The van der Waals surface area contributed by atoms with Gasteiger partial charge in [0.05, 0.1) is 0 Å². The number of benzene rings is 3. The maximum Gasteiger partial charge on any atom is 0.410 e. The molecule has 0 radical (unpaired) electrons. The summed E-state index contributed by atoms with van der Waals surface area (Å²) in [5.41, 5.74) is 4.69. The van der Waals surface area contributed by atoms with E-state index in [2.05, 4.69) is 21.3 Å². The van der Waals surface area contributed by atoms with Gasteiger partial charge in [0.25, 0.3) is 5.91 Å². The molecule has 0 spiro atoms. The number of ether oxygens (including phenoxy) is 2. The third kappa shape index (κ3) is 12.2. The van der Waals surface area contributed by atoms with Crippen molar-refractivity contribution in [1.29, 1.82) is 5.41 Å². The molecule has 6 rings (SSSR count). The van der Waals surface area contributed by atoms with E-state index in [0.717, 1.165) is 40.7 Å². The fraction of sp³-hybridized carbons (Fsp3) is 0.500. The SMILES string of the molecule is CC(=N)c1ccc(NC(=O)[C@H](Cc2ccc(C)c(-c3cccc(C(=O)NC4C5CN(C(=O)OC(C)(C)C)CC54)c3)c2)NC(=O)C2CCC(CNC(=O)OC(C)(C)C)CC2)cc1. The molecule has 326 valence electrons. The predicted molar refractivity (Wildman–Crippen MR) is 236 cm³/mol. The number of aryl methyl sites for hydroxylation is 1. The van der Waals surface area contributed by atoms with E-state index in [4.69, 9.17) is 14.9 Å². The average Bonchev–Trinajstić information content (AvgIpc) is 3.60. The van der Waals surface area contributed by atoms with Crippen LogP contribution in [0.4, 0.5) is 15.3 Å². The minimum absolute atomic E-state index is 0.00691. The van der Waals surface area contributed by atoms with Crippen molar-refractivity contribution in [2.45, 2.75) is 111 Å². The van der Waals surface area contributed by atoms with E-state index in [-0.39, 0.29) is 59.9 Å². The van der Waals surface area contributed by atoms with Crippen molar-refractivity contribution < 1.29 is 33.4 Å². The standard InChI is InChI=1S/C48H62N6O7/c1-28-12-13-31(22-37(28)34-10-9-11-35(24-34)43(56)53-41-38-26-54(27-39(38)41)46(59)61-48(6,7)8)23-40(44(57)51-36-20-18-32(19-21-36)29(2)49)52-42(55)33-16-14-30(15-17-33)25-50-45(58)60-47(3,4)5/h9-13,18-22,24,30,33,38-41,49H,14-17,23,25-27H2,1-8H3,(H,50,58)(H,51,57)(H,52,55)(H,53,56)/t30?,33?,38?,39?,40-,41?/m0/s1. The zero-order chi connectivity index (χ0) is 44.2. The second-order valence-electron chi connectivity index (χ2n) is 19.0. The molecule has 61 heavy (non-hydrogen) atoms. The largest absolute Gasteiger partial charge is 0.444 e. The Morgan fingerprint density at radius 3 is 2.10 bits per heavy atom. The molecule has 2 saturated carbocycles. The number of nitrogens with one attached hydrogen (secondary N) is 5. The summed E-state index contributed by atoms with van der Waals surface area (Å²) in [6.45, 7) is 16.3. The summed E-state index contributed by atoms with van der Waals surface area (Å²) in [6, 6.07) is 19.6. The number of anilines is 1. The summed E-state index contributed by atoms with van der Waals surface area (Å²) in [5.74, 6) is -0.348. The van der Waals surface area contributed by atoms with Gasteiger partial charge in [-0.1, -0.05) is 42.5 Å². The fourth-order valence-corrected chi connectivity index (χ4v) is 8.32. The molecule has 0 aromatic heterocycles. The quantitative estimate of drug-likeness (QED) is 0.116. The van der Waals surface area contributed by atoms with Gasteiger partial charge in [-0.05, 0) is 139 Å². The lowest BCUT2D eigenvalue weighted by Gasteiger charge is -2.29. The first-order valence-electron chi connectivity index (χ1n) is 21.5. The van der Waals surface area contributed by atoms with Gasteiger partial charge < -0.3 is 41.1 Å². The van der Waals surface area contributed by atoms with Crippen LogP contribution in [0.1, 0.15) is 101 Å². The lowest BCUT2D eigenvalue weighted by Crippen LogP contribution is -2.48. The number of hydrogen-bond acceptors (Lipinski definition) is 8. The highest BCUT2D eigenvalue weighted by Gasteiger charge is 2.58. The normalized spacial score (nSPS) is 21.3. The number of nitrogens with zero attached hydrogens (tertiary/aromatic N) is 1. The monoisotopic (exact) mass is 834 g/mol. The molecule has 3 atom stereocenters. The fourth-order valence-electron chi connectivity index (χ4n) is 8.32. The third-order valence-corrected chi connectivity index (χ3v) is 11.7. The summed E-state index contributed by atoms with van der Waals surface area (Å²) < 4.78 is 10.9. The minimum atomic E-state index is -0.889. The van der Waals surface area contributed by atoms with Crippen molar-refractivity contribution in [2.75, 3.05) is 25.0 Å². The number of fused-ring (bicyclic) bond motifs is 1. The van der Waals surface area contributed by atoms with Gasteiger partial charge >= 0.3 is 12.2 Å². The Morgan fingerprint density at radius 1 is 0.820 bits per heavy atom. The molecule has 1 aliphatic heterocycles. The highest BCUT2D eigenvalue weighted by molar-refractivity contribution is 5.99. The Hall–Kier alpha value is -5.72. The van der Waals surface area contributed by atoms with Gasteiger partial charge in [-0.2, -0.15) is 0 Å². The van der Waals surface area contributed by atoms with Crippen LogP contribution in [-0.4, -0.2) is 83.4 Å². The summed E-state index contributed by atoms with van der Waals surface area (Å²) >= 11 is 0. The molecular formula is C48H62N6O7. The maximum absolute atomic E-state index is 14.0. The Labute approximate surface area is 359 Å².